The normalized spacial score (nSPS) is 23.8. The zero-order valence-corrected chi connectivity index (χ0v) is 6.26. The van der Waals surface area contributed by atoms with Crippen LogP contribution in [0.2, 0.25) is 0 Å². The maximum absolute atomic E-state index is 10.8. The molecule has 0 spiro atoms. The zero-order valence-electron chi connectivity index (χ0n) is 6.26. The highest BCUT2D eigenvalue weighted by molar-refractivity contribution is 5.85. The largest absolute Gasteiger partial charge is 0.367 e. The van der Waals surface area contributed by atoms with Crippen LogP contribution in [0.4, 0.5) is 0 Å². The van der Waals surface area contributed by atoms with Crippen molar-refractivity contribution in [1.29, 1.82) is 0 Å². The van der Waals surface area contributed by atoms with E-state index < -0.39 is 5.60 Å². The fourth-order valence-electron chi connectivity index (χ4n) is 1.21. The number of nitrogens with two attached hydrogens (primary N) is 1. The van der Waals surface area contributed by atoms with Gasteiger partial charge in [-0.25, -0.2) is 0 Å². The summed E-state index contributed by atoms with van der Waals surface area (Å²) in [5.74, 6) is -0.367. The lowest BCUT2D eigenvalue weighted by molar-refractivity contribution is -0.160. The highest BCUT2D eigenvalue weighted by Gasteiger charge is 2.46. The Kier molecular flexibility index (Phi) is 1.66. The van der Waals surface area contributed by atoms with Crippen LogP contribution in [-0.4, -0.2) is 43.7 Å². The number of rotatable bonds is 2. The Labute approximate surface area is 59.9 Å². The van der Waals surface area contributed by atoms with Crippen molar-refractivity contribution in [3.63, 3.8) is 0 Å². The fourth-order valence-corrected chi connectivity index (χ4v) is 1.21. The van der Waals surface area contributed by atoms with E-state index in [0.29, 0.717) is 13.1 Å². The molecule has 4 nitrogen and oxygen atoms in total. The standard InChI is InChI=1S/C6H12N2O2/c1-8-3-6(4-8,10-2)5(7)9/h3-4H2,1-2H3,(H2,7,9). The molecule has 58 valence electrons. The van der Waals surface area contributed by atoms with Gasteiger partial charge in [-0.1, -0.05) is 0 Å². The van der Waals surface area contributed by atoms with Gasteiger partial charge in [-0.3, -0.25) is 9.69 Å². The molecule has 0 aromatic carbocycles. The van der Waals surface area contributed by atoms with Crippen LogP contribution in [0, 0.1) is 0 Å². The van der Waals surface area contributed by atoms with E-state index in [1.54, 1.807) is 0 Å². The third-order valence-electron chi connectivity index (χ3n) is 1.89. The van der Waals surface area contributed by atoms with E-state index in [1.807, 2.05) is 11.9 Å². The van der Waals surface area contributed by atoms with Crippen molar-refractivity contribution in [2.24, 2.45) is 5.73 Å². The van der Waals surface area contributed by atoms with E-state index in [9.17, 15) is 4.79 Å². The quantitative estimate of drug-likeness (QED) is 0.529. The van der Waals surface area contributed by atoms with Gasteiger partial charge in [0.05, 0.1) is 0 Å². The van der Waals surface area contributed by atoms with Gasteiger partial charge in [-0.05, 0) is 7.05 Å². The number of likely N-dealkylation sites (N-methyl/N-ethyl adjacent to an activating group) is 1. The number of hydrogen-bond acceptors (Lipinski definition) is 3. The van der Waals surface area contributed by atoms with Crippen molar-refractivity contribution in [1.82, 2.24) is 4.90 Å². The van der Waals surface area contributed by atoms with Gasteiger partial charge in [0, 0.05) is 20.2 Å². The van der Waals surface area contributed by atoms with Crippen molar-refractivity contribution in [2.75, 3.05) is 27.2 Å². The Morgan fingerprint density at radius 1 is 1.70 bits per heavy atom. The van der Waals surface area contributed by atoms with Gasteiger partial charge in [0.1, 0.15) is 0 Å². The van der Waals surface area contributed by atoms with E-state index in [2.05, 4.69) is 0 Å². The van der Waals surface area contributed by atoms with Gasteiger partial charge in [0.2, 0.25) is 0 Å². The van der Waals surface area contributed by atoms with Crippen molar-refractivity contribution in [3.8, 4) is 0 Å². The lowest BCUT2D eigenvalue weighted by Gasteiger charge is -2.44. The number of ether oxygens (including phenoxy) is 1. The summed E-state index contributed by atoms with van der Waals surface area (Å²) in [4.78, 5) is 12.7. The number of nitrogens with zero attached hydrogens (tertiary/aromatic N) is 1. The Morgan fingerprint density at radius 3 is 2.30 bits per heavy atom. The van der Waals surface area contributed by atoms with Crippen molar-refractivity contribution >= 4 is 5.91 Å². The van der Waals surface area contributed by atoms with Crippen molar-refractivity contribution in [2.45, 2.75) is 5.60 Å². The minimum atomic E-state index is -0.700. The SMILES string of the molecule is COC1(C(N)=O)CN(C)C1. The highest BCUT2D eigenvalue weighted by Crippen LogP contribution is 2.21. The van der Waals surface area contributed by atoms with Crippen LogP contribution in [0.15, 0.2) is 0 Å². The van der Waals surface area contributed by atoms with E-state index in [-0.39, 0.29) is 5.91 Å². The van der Waals surface area contributed by atoms with Crippen molar-refractivity contribution in [3.05, 3.63) is 0 Å². The first-order valence-corrected chi connectivity index (χ1v) is 3.14. The molecule has 0 saturated carbocycles. The monoisotopic (exact) mass is 144 g/mol. The first-order valence-electron chi connectivity index (χ1n) is 3.14. The molecule has 0 aromatic heterocycles. The minimum Gasteiger partial charge on any atom is -0.367 e. The van der Waals surface area contributed by atoms with Crippen LogP contribution in [-0.2, 0) is 9.53 Å². The average molecular weight is 144 g/mol. The molecule has 1 amide bonds. The fraction of sp³-hybridized carbons (Fsp3) is 0.833. The third-order valence-corrected chi connectivity index (χ3v) is 1.89. The molecule has 0 aromatic rings. The van der Waals surface area contributed by atoms with E-state index in [0.717, 1.165) is 0 Å². The van der Waals surface area contributed by atoms with Gasteiger partial charge in [-0.2, -0.15) is 0 Å². The molecule has 0 atom stereocenters. The summed E-state index contributed by atoms with van der Waals surface area (Å²) >= 11 is 0. The molecule has 1 fully saturated rings. The number of carbonyl (C=O) groups is 1. The van der Waals surface area contributed by atoms with Crippen LogP contribution < -0.4 is 5.73 Å². The van der Waals surface area contributed by atoms with E-state index in [4.69, 9.17) is 10.5 Å². The molecule has 1 aliphatic heterocycles. The van der Waals surface area contributed by atoms with E-state index in [1.165, 1.54) is 7.11 Å². The molecule has 1 aliphatic rings. The maximum atomic E-state index is 10.8. The minimum absolute atomic E-state index is 0.367. The Hall–Kier alpha value is -0.610. The summed E-state index contributed by atoms with van der Waals surface area (Å²) in [6.45, 7) is 1.22. The van der Waals surface area contributed by atoms with Gasteiger partial charge >= 0.3 is 0 Å². The molecular weight excluding hydrogens is 132 g/mol. The maximum Gasteiger partial charge on any atom is 0.252 e. The lowest BCUT2D eigenvalue weighted by atomic mass is 9.94. The molecule has 0 bridgehead atoms. The van der Waals surface area contributed by atoms with Crippen LogP contribution in [0.25, 0.3) is 0 Å². The number of primary amides is 1. The topological polar surface area (TPSA) is 55.6 Å². The summed E-state index contributed by atoms with van der Waals surface area (Å²) in [7, 11) is 3.43. The van der Waals surface area contributed by atoms with Crippen LogP contribution in [0.5, 0.6) is 0 Å². The lowest BCUT2D eigenvalue weighted by Crippen LogP contribution is -2.67. The molecule has 0 radical (unpaired) electrons. The molecule has 0 unspecified atom stereocenters. The summed E-state index contributed by atoms with van der Waals surface area (Å²) in [5, 5.41) is 0. The second-order valence-corrected chi connectivity index (χ2v) is 2.73. The molecule has 0 aliphatic carbocycles. The van der Waals surface area contributed by atoms with E-state index >= 15 is 0 Å². The Balaban J connectivity index is 2.56. The first kappa shape index (κ1) is 7.50. The predicted octanol–water partition coefficient (Wildman–Crippen LogP) is -1.20. The molecule has 10 heavy (non-hydrogen) atoms. The smallest absolute Gasteiger partial charge is 0.252 e. The Bertz CT molecular complexity index is 152. The zero-order chi connectivity index (χ0) is 7.78. The van der Waals surface area contributed by atoms with Gasteiger partial charge in [0.25, 0.3) is 5.91 Å². The molecule has 1 heterocycles. The Morgan fingerprint density at radius 2 is 2.20 bits per heavy atom. The van der Waals surface area contributed by atoms with Gasteiger partial charge < -0.3 is 10.5 Å². The molecule has 1 rings (SSSR count). The second-order valence-electron chi connectivity index (χ2n) is 2.73. The number of hydrogen-bond donors (Lipinski definition) is 1. The number of likely N-dealkylation sites (tertiary alicyclic amines) is 1. The van der Waals surface area contributed by atoms with Crippen LogP contribution >= 0.6 is 0 Å². The summed E-state index contributed by atoms with van der Waals surface area (Å²) in [6, 6.07) is 0. The average Bonchev–Trinajstić information content (AvgIpc) is 1.79. The number of carbonyl (C=O) groups excluding carboxylic acids is 1. The van der Waals surface area contributed by atoms with Crippen LogP contribution in [0.1, 0.15) is 0 Å². The number of methoxy groups -OCH3 is 1. The predicted molar refractivity (Wildman–Crippen MR) is 36.4 cm³/mol. The number of amides is 1. The summed E-state index contributed by atoms with van der Waals surface area (Å²) in [6.07, 6.45) is 0. The van der Waals surface area contributed by atoms with Gasteiger partial charge in [-0.15, -0.1) is 0 Å². The summed E-state index contributed by atoms with van der Waals surface area (Å²) in [5.41, 5.74) is 4.42. The van der Waals surface area contributed by atoms with Crippen molar-refractivity contribution < 1.29 is 9.53 Å². The first-order chi connectivity index (χ1) is 4.60. The molecular formula is C6H12N2O2. The molecule has 2 N–H and O–H groups in total. The molecule has 4 heteroatoms. The third kappa shape index (κ3) is 0.892. The van der Waals surface area contributed by atoms with Crippen LogP contribution in [0.3, 0.4) is 0 Å². The second kappa shape index (κ2) is 2.21. The molecule has 1 saturated heterocycles. The van der Waals surface area contributed by atoms with Gasteiger partial charge in [0.15, 0.2) is 5.60 Å². The highest BCUT2D eigenvalue weighted by atomic mass is 16.5. The summed E-state index contributed by atoms with van der Waals surface area (Å²) < 4.78 is 4.99.